The molecule has 0 unspecified atom stereocenters. The Hall–Kier alpha value is 0. The largest absolute Gasteiger partial charge is 0.0776 e. The topological polar surface area (TPSA) is 0 Å². The highest BCUT2D eigenvalue weighted by Gasteiger charge is 2.26. The molecular formula is C13H28. The molecule has 0 N–H and O–H groups in total. The molecular weight excluding hydrogens is 156 g/mol. The van der Waals surface area contributed by atoms with Crippen molar-refractivity contribution in [1.82, 2.24) is 0 Å². The van der Waals surface area contributed by atoms with Crippen molar-refractivity contribution >= 4 is 0 Å². The van der Waals surface area contributed by atoms with Gasteiger partial charge in [0, 0.05) is 0 Å². The molecule has 1 rings (SSSR count). The minimum absolute atomic E-state index is 0. The SMILES string of the molecule is C.CCC[C@H](C(C)C)C1CCCC1. The molecule has 0 nitrogen and oxygen atoms in total. The minimum Gasteiger partial charge on any atom is -0.0776 e. The summed E-state index contributed by atoms with van der Waals surface area (Å²) in [7, 11) is 0. The Kier molecular flexibility index (Phi) is 6.45. The summed E-state index contributed by atoms with van der Waals surface area (Å²) < 4.78 is 0. The van der Waals surface area contributed by atoms with Crippen LogP contribution in [0.2, 0.25) is 0 Å². The van der Waals surface area contributed by atoms with E-state index in [0.717, 1.165) is 17.8 Å². The van der Waals surface area contributed by atoms with Gasteiger partial charge < -0.3 is 0 Å². The van der Waals surface area contributed by atoms with E-state index in [-0.39, 0.29) is 7.43 Å². The summed E-state index contributed by atoms with van der Waals surface area (Å²) in [5, 5.41) is 0. The number of rotatable bonds is 4. The molecule has 0 aromatic rings. The van der Waals surface area contributed by atoms with Gasteiger partial charge in [0.05, 0.1) is 0 Å². The highest BCUT2D eigenvalue weighted by Crippen LogP contribution is 2.37. The molecule has 0 amide bonds. The zero-order valence-corrected chi connectivity index (χ0v) is 8.97. The maximum absolute atomic E-state index is 2.40. The van der Waals surface area contributed by atoms with Gasteiger partial charge >= 0.3 is 0 Å². The van der Waals surface area contributed by atoms with Crippen molar-refractivity contribution in [2.24, 2.45) is 17.8 Å². The van der Waals surface area contributed by atoms with Crippen molar-refractivity contribution < 1.29 is 0 Å². The van der Waals surface area contributed by atoms with Crippen LogP contribution in [-0.2, 0) is 0 Å². The van der Waals surface area contributed by atoms with Gasteiger partial charge in [-0.25, -0.2) is 0 Å². The predicted molar refractivity (Wildman–Crippen MR) is 61.9 cm³/mol. The molecule has 0 heterocycles. The van der Waals surface area contributed by atoms with Crippen molar-refractivity contribution in [2.45, 2.75) is 66.7 Å². The molecule has 0 heteroatoms. The Balaban J connectivity index is 0.00000144. The van der Waals surface area contributed by atoms with Crippen molar-refractivity contribution in [1.29, 1.82) is 0 Å². The van der Waals surface area contributed by atoms with Gasteiger partial charge in [0.2, 0.25) is 0 Å². The van der Waals surface area contributed by atoms with Gasteiger partial charge in [-0.1, -0.05) is 66.7 Å². The maximum Gasteiger partial charge on any atom is -0.0363 e. The summed E-state index contributed by atoms with van der Waals surface area (Å²) >= 11 is 0. The molecule has 0 radical (unpaired) electrons. The molecule has 1 aliphatic carbocycles. The van der Waals surface area contributed by atoms with Crippen LogP contribution in [0.5, 0.6) is 0 Å². The van der Waals surface area contributed by atoms with Crippen LogP contribution in [-0.4, -0.2) is 0 Å². The molecule has 0 spiro atoms. The standard InChI is InChI=1S/C12H24.CH4/c1-4-7-12(10(2)3)11-8-5-6-9-11;/h10-12H,4-9H2,1-3H3;1H4/t12-;/m1./s1. The first-order valence-electron chi connectivity index (χ1n) is 5.75. The van der Waals surface area contributed by atoms with E-state index >= 15 is 0 Å². The molecule has 0 saturated heterocycles. The highest BCUT2D eigenvalue weighted by molar-refractivity contribution is 4.77. The molecule has 1 aliphatic rings. The van der Waals surface area contributed by atoms with E-state index in [1.165, 1.54) is 38.5 Å². The third kappa shape index (κ3) is 3.70. The van der Waals surface area contributed by atoms with E-state index in [2.05, 4.69) is 20.8 Å². The Morgan fingerprint density at radius 3 is 2.08 bits per heavy atom. The van der Waals surface area contributed by atoms with Crippen LogP contribution >= 0.6 is 0 Å². The fourth-order valence-corrected chi connectivity index (χ4v) is 2.83. The number of hydrogen-bond donors (Lipinski definition) is 0. The molecule has 1 saturated carbocycles. The third-order valence-corrected chi connectivity index (χ3v) is 3.48. The van der Waals surface area contributed by atoms with Gasteiger partial charge in [-0.3, -0.25) is 0 Å². The maximum atomic E-state index is 2.40. The number of hydrogen-bond acceptors (Lipinski definition) is 0. The summed E-state index contributed by atoms with van der Waals surface area (Å²) in [6.45, 7) is 7.13. The normalized spacial score (nSPS) is 20.3. The van der Waals surface area contributed by atoms with Gasteiger partial charge in [0.15, 0.2) is 0 Å². The van der Waals surface area contributed by atoms with Crippen molar-refractivity contribution in [3.63, 3.8) is 0 Å². The van der Waals surface area contributed by atoms with Crippen LogP contribution in [0.1, 0.15) is 66.7 Å². The zero-order chi connectivity index (χ0) is 8.97. The molecule has 0 bridgehead atoms. The monoisotopic (exact) mass is 184 g/mol. The quantitative estimate of drug-likeness (QED) is 0.584. The zero-order valence-electron chi connectivity index (χ0n) is 8.97. The molecule has 0 aromatic carbocycles. The Labute approximate surface area is 85.1 Å². The van der Waals surface area contributed by atoms with E-state index in [4.69, 9.17) is 0 Å². The lowest BCUT2D eigenvalue weighted by atomic mass is 9.79. The van der Waals surface area contributed by atoms with Crippen molar-refractivity contribution in [3.8, 4) is 0 Å². The molecule has 80 valence electrons. The van der Waals surface area contributed by atoms with Gasteiger partial charge in [-0.2, -0.15) is 0 Å². The van der Waals surface area contributed by atoms with Crippen LogP contribution in [0.15, 0.2) is 0 Å². The van der Waals surface area contributed by atoms with E-state index in [1.807, 2.05) is 0 Å². The molecule has 1 atom stereocenters. The van der Waals surface area contributed by atoms with Crippen LogP contribution in [0, 0.1) is 17.8 Å². The average molecular weight is 184 g/mol. The fraction of sp³-hybridized carbons (Fsp3) is 1.00. The lowest BCUT2D eigenvalue weighted by molar-refractivity contribution is 0.239. The Morgan fingerprint density at radius 2 is 1.69 bits per heavy atom. The third-order valence-electron chi connectivity index (χ3n) is 3.48. The highest BCUT2D eigenvalue weighted by atomic mass is 14.3. The van der Waals surface area contributed by atoms with E-state index in [1.54, 1.807) is 0 Å². The van der Waals surface area contributed by atoms with E-state index in [9.17, 15) is 0 Å². The smallest absolute Gasteiger partial charge is 0.0363 e. The average Bonchev–Trinajstić information content (AvgIpc) is 2.51. The molecule has 1 fully saturated rings. The summed E-state index contributed by atoms with van der Waals surface area (Å²) in [6, 6.07) is 0. The second kappa shape index (κ2) is 6.45. The summed E-state index contributed by atoms with van der Waals surface area (Å²) in [6.07, 6.45) is 8.86. The van der Waals surface area contributed by atoms with E-state index < -0.39 is 0 Å². The van der Waals surface area contributed by atoms with E-state index in [0.29, 0.717) is 0 Å². The molecule has 0 aromatic heterocycles. The minimum atomic E-state index is 0. The van der Waals surface area contributed by atoms with Crippen LogP contribution in [0.3, 0.4) is 0 Å². The lowest BCUT2D eigenvalue weighted by Gasteiger charge is -2.26. The van der Waals surface area contributed by atoms with Gasteiger partial charge in [0.25, 0.3) is 0 Å². The van der Waals surface area contributed by atoms with Crippen LogP contribution in [0.25, 0.3) is 0 Å². The summed E-state index contributed by atoms with van der Waals surface area (Å²) in [4.78, 5) is 0. The summed E-state index contributed by atoms with van der Waals surface area (Å²) in [5.41, 5.74) is 0. The van der Waals surface area contributed by atoms with Gasteiger partial charge in [-0.15, -0.1) is 0 Å². The van der Waals surface area contributed by atoms with Crippen LogP contribution in [0.4, 0.5) is 0 Å². The molecule has 0 aliphatic heterocycles. The van der Waals surface area contributed by atoms with Crippen molar-refractivity contribution in [3.05, 3.63) is 0 Å². The van der Waals surface area contributed by atoms with Crippen molar-refractivity contribution in [2.75, 3.05) is 0 Å². The predicted octanol–water partition coefficient (Wildman–Crippen LogP) is 4.89. The summed E-state index contributed by atoms with van der Waals surface area (Å²) in [5.74, 6) is 3.01. The second-order valence-electron chi connectivity index (χ2n) is 4.74. The first-order valence-corrected chi connectivity index (χ1v) is 5.75. The fourth-order valence-electron chi connectivity index (χ4n) is 2.83. The Bertz CT molecular complexity index is 109. The second-order valence-corrected chi connectivity index (χ2v) is 4.74. The first kappa shape index (κ1) is 13.0. The molecule has 13 heavy (non-hydrogen) atoms. The first-order chi connectivity index (χ1) is 5.75. The van der Waals surface area contributed by atoms with Gasteiger partial charge in [-0.05, 0) is 17.8 Å². The Morgan fingerprint density at radius 1 is 1.15 bits per heavy atom. The lowest BCUT2D eigenvalue weighted by Crippen LogP contribution is -2.17. The van der Waals surface area contributed by atoms with Crippen LogP contribution < -0.4 is 0 Å². The van der Waals surface area contributed by atoms with Gasteiger partial charge in [0.1, 0.15) is 0 Å².